The van der Waals surface area contributed by atoms with Crippen molar-refractivity contribution < 1.29 is 83.9 Å². The van der Waals surface area contributed by atoms with E-state index >= 15 is 0 Å². The number of aliphatic carboxylic acids is 2. The Kier molecular flexibility index (Phi) is 15.3. The van der Waals surface area contributed by atoms with Crippen LogP contribution in [0, 0.1) is 0 Å². The number of anilines is 6. The number of allylic oxidation sites excluding steroid dienone is 8. The highest BCUT2D eigenvalue weighted by Crippen LogP contribution is 2.39. The van der Waals surface area contributed by atoms with Gasteiger partial charge in [0.1, 0.15) is 66.7 Å². The lowest BCUT2D eigenvalue weighted by Crippen LogP contribution is -2.27. The average Bonchev–Trinajstić information content (AvgIpc) is 3.47. The van der Waals surface area contributed by atoms with E-state index in [1.165, 1.54) is 101 Å². The molecule has 0 aromatic heterocycles. The zero-order valence-electron chi connectivity index (χ0n) is 41.0. The summed E-state index contributed by atoms with van der Waals surface area (Å²) in [7, 11) is -5.09. The highest BCUT2D eigenvalue weighted by atomic mass is 32.2. The van der Waals surface area contributed by atoms with E-state index in [1.807, 2.05) is 0 Å². The molecule has 0 heterocycles. The number of Topliss-reactive ketones (excluding diaryl/α,β-unsaturated/α-hetero) is 2. The molecule has 27 nitrogen and oxygen atoms in total. The minimum Gasteiger partial charge on any atom is -0.494 e. The summed E-state index contributed by atoms with van der Waals surface area (Å²) in [6.45, 7) is 0. The molecule has 0 radical (unpaired) electrons. The summed E-state index contributed by atoms with van der Waals surface area (Å²) >= 11 is 0. The number of methoxy groups -OCH3 is 4. The van der Waals surface area contributed by atoms with E-state index < -0.39 is 87.7 Å². The summed E-state index contributed by atoms with van der Waals surface area (Å²) in [6.07, 6.45) is 8.78. The third-order valence-corrected chi connectivity index (χ3v) is 13.3. The van der Waals surface area contributed by atoms with Gasteiger partial charge in [-0.1, -0.05) is 0 Å². The minimum absolute atomic E-state index is 0.0219. The number of nitrogens with one attached hydrogen (secondary N) is 5. The molecule has 9 N–H and O–H groups in total. The first-order valence-electron chi connectivity index (χ1n) is 22.3. The quantitative estimate of drug-likeness (QED) is 0.0271. The molecule has 4 aromatic rings. The number of carbonyl (C=O) groups is 6. The number of carboxylic acids is 2. The van der Waals surface area contributed by atoms with E-state index in [0.717, 1.165) is 36.5 Å². The number of carbonyl (C=O) groups excluding carboxylic acids is 4. The molecule has 4 aromatic carbocycles. The second kappa shape index (κ2) is 22.1. The van der Waals surface area contributed by atoms with Crippen molar-refractivity contribution >= 4 is 124 Å². The van der Waals surface area contributed by atoms with Crippen molar-refractivity contribution in [1.82, 2.24) is 0 Å². The van der Waals surface area contributed by atoms with Crippen molar-refractivity contribution in [2.75, 3.05) is 55.5 Å². The van der Waals surface area contributed by atoms with Crippen molar-refractivity contribution in [3.63, 3.8) is 0 Å². The fraction of sp³-hybridized carbons (Fsp3) is 0.0800. The molecule has 0 bridgehead atoms. The van der Waals surface area contributed by atoms with Gasteiger partial charge in [0.15, 0.2) is 23.0 Å². The van der Waals surface area contributed by atoms with E-state index in [1.54, 1.807) is 0 Å². The third kappa shape index (κ3) is 11.7. The summed E-state index contributed by atoms with van der Waals surface area (Å²) in [5, 5.41) is 37.9. The molecule has 0 unspecified atom stereocenters. The molecule has 0 fully saturated rings. The van der Waals surface area contributed by atoms with Crippen LogP contribution in [0.3, 0.4) is 0 Å². The standard InChI is InChI=1S/C50H39N9O18S2/c1-74-39-21-35(41(76-3)19-33(39)54-52-27-7-11-37(60)31(17-27)49(64)65)56-58-45-43(78(68,69)70)15-23-13-25(5-9-29(23)47(45)62)51-26-6-10-30-24(14-26)16-44(79(71,72)73)46(48(30)63)59-57-36-22-40(75-2)34(20-42(36)77-4)55-53-28-8-12-38(61)32(18-28)50(66)67/h5-22,51,54-57H,1-4H3,(H,64,65)(H,66,67)(H,68,69,70)(H,71,72,73)/b52-27-,53-28+,58-45-,59-46+. The van der Waals surface area contributed by atoms with E-state index in [0.29, 0.717) is 0 Å². The summed E-state index contributed by atoms with van der Waals surface area (Å²) in [4.78, 5) is 72.7. The van der Waals surface area contributed by atoms with Gasteiger partial charge in [0.25, 0.3) is 20.2 Å². The Morgan fingerprint density at radius 3 is 1.10 bits per heavy atom. The first-order valence-corrected chi connectivity index (χ1v) is 25.1. The molecule has 79 heavy (non-hydrogen) atoms. The number of nitrogens with zero attached hydrogens (tertiary/aromatic N) is 4. The number of ether oxygens (including phenoxy) is 4. The predicted octanol–water partition coefficient (Wildman–Crippen LogP) is 5.09. The SMILES string of the molecule is COc1cc(N/N=C2\C(=O)c3ccc(Nc4ccc5c(c4)C=C(S(=O)(=O)O)/C(=N\Nc4cc(OC)c(N/N=C6\C=CC(=O)C(C(=O)O)=C6)cc4OC)C5=O)cc3C=C2S(=O)(=O)O)c(OC)cc1N/N=C1/C=CC(=O)C(C(=O)O)=C1. The van der Waals surface area contributed by atoms with Gasteiger partial charge in [-0.3, -0.25) is 50.0 Å². The second-order valence-electron chi connectivity index (χ2n) is 16.4. The lowest BCUT2D eigenvalue weighted by Gasteiger charge is -2.19. The Hall–Kier alpha value is -10.4. The van der Waals surface area contributed by atoms with E-state index in [-0.39, 0.29) is 90.8 Å². The highest BCUT2D eigenvalue weighted by molar-refractivity contribution is 7.91. The maximum Gasteiger partial charge on any atom is 0.339 e. The first-order chi connectivity index (χ1) is 37.5. The van der Waals surface area contributed by atoms with Crippen molar-refractivity contribution in [3.8, 4) is 23.0 Å². The lowest BCUT2D eigenvalue weighted by molar-refractivity contribution is -0.135. The van der Waals surface area contributed by atoms with Crippen LogP contribution in [0.1, 0.15) is 31.8 Å². The largest absolute Gasteiger partial charge is 0.494 e. The molecule has 0 amide bonds. The molecule has 4 aliphatic carbocycles. The molecule has 29 heteroatoms. The lowest BCUT2D eigenvalue weighted by atomic mass is 9.93. The molecule has 0 atom stereocenters. The van der Waals surface area contributed by atoms with Gasteiger partial charge >= 0.3 is 11.9 Å². The summed E-state index contributed by atoms with van der Waals surface area (Å²) in [5.74, 6) is -5.87. The van der Waals surface area contributed by atoms with Crippen molar-refractivity contribution in [1.29, 1.82) is 0 Å². The third-order valence-electron chi connectivity index (χ3n) is 11.5. The second-order valence-corrected chi connectivity index (χ2v) is 19.2. The van der Waals surface area contributed by atoms with Crippen LogP contribution >= 0.6 is 0 Å². The van der Waals surface area contributed by atoms with Gasteiger partial charge in [-0.15, -0.1) is 0 Å². The van der Waals surface area contributed by atoms with Crippen LogP contribution in [0.15, 0.2) is 138 Å². The minimum atomic E-state index is -5.14. The summed E-state index contributed by atoms with van der Waals surface area (Å²) in [5.41, 5.74) is 9.15. The number of ketones is 4. The van der Waals surface area contributed by atoms with Crippen molar-refractivity contribution in [2.45, 2.75) is 0 Å². The maximum absolute atomic E-state index is 13.9. The van der Waals surface area contributed by atoms with Crippen LogP contribution in [-0.2, 0) is 39.4 Å². The van der Waals surface area contributed by atoms with Crippen LogP contribution in [-0.4, -0.2) is 123 Å². The summed E-state index contributed by atoms with van der Waals surface area (Å²) < 4.78 is 93.6. The number of carboxylic acid groups (broad SMARTS) is 2. The van der Waals surface area contributed by atoms with Crippen molar-refractivity contribution in [2.24, 2.45) is 20.4 Å². The zero-order chi connectivity index (χ0) is 57.1. The molecule has 0 aliphatic heterocycles. The van der Waals surface area contributed by atoms with E-state index in [9.17, 15) is 64.9 Å². The molecule has 404 valence electrons. The fourth-order valence-electron chi connectivity index (χ4n) is 7.74. The van der Waals surface area contributed by atoms with Crippen LogP contribution in [0.4, 0.5) is 34.1 Å². The van der Waals surface area contributed by atoms with Crippen LogP contribution in [0.5, 0.6) is 23.0 Å². The van der Waals surface area contributed by atoms with Crippen LogP contribution in [0.2, 0.25) is 0 Å². The number of fused-ring (bicyclic) bond motifs is 2. The predicted molar refractivity (Wildman–Crippen MR) is 287 cm³/mol. The average molecular weight is 1120 g/mol. The Morgan fingerprint density at radius 1 is 0.468 bits per heavy atom. The normalized spacial score (nSPS) is 17.0. The summed E-state index contributed by atoms with van der Waals surface area (Å²) in [6, 6.07) is 13.8. The molecule has 0 spiro atoms. The number of hydrogen-bond acceptors (Lipinski definition) is 23. The van der Waals surface area contributed by atoms with Gasteiger partial charge in [0.2, 0.25) is 11.6 Å². The van der Waals surface area contributed by atoms with E-state index in [2.05, 4.69) is 47.4 Å². The fourth-order valence-corrected chi connectivity index (χ4v) is 9.06. The Morgan fingerprint density at radius 2 is 0.797 bits per heavy atom. The van der Waals surface area contributed by atoms with Gasteiger partial charge in [-0.05, 0) is 96.1 Å². The molecular weight excluding hydrogens is 1080 g/mol. The number of hydrazone groups is 4. The Bertz CT molecular complexity index is 3710. The number of rotatable bonds is 18. The van der Waals surface area contributed by atoms with E-state index in [4.69, 9.17) is 18.9 Å². The van der Waals surface area contributed by atoms with Gasteiger partial charge < -0.3 is 34.5 Å². The Labute approximate surface area is 445 Å². The van der Waals surface area contributed by atoms with Gasteiger partial charge in [0, 0.05) is 46.8 Å². The topological polar surface area (TPSA) is 398 Å². The highest BCUT2D eigenvalue weighted by Gasteiger charge is 2.35. The van der Waals surface area contributed by atoms with Crippen LogP contribution in [0.25, 0.3) is 12.2 Å². The molecular formula is C50H39N9O18S2. The molecule has 0 saturated carbocycles. The monoisotopic (exact) mass is 1120 g/mol. The van der Waals surface area contributed by atoms with Gasteiger partial charge in [-0.2, -0.15) is 37.2 Å². The van der Waals surface area contributed by atoms with Crippen molar-refractivity contribution in [3.05, 3.63) is 140 Å². The molecule has 8 rings (SSSR count). The maximum atomic E-state index is 13.9. The first kappa shape index (κ1) is 54.9. The van der Waals surface area contributed by atoms with Gasteiger partial charge in [0.05, 0.1) is 39.9 Å². The molecule has 0 saturated heterocycles. The molecule has 4 aliphatic rings. The van der Waals surface area contributed by atoms with Gasteiger partial charge in [-0.25, -0.2) is 9.59 Å². The number of hydrogen-bond donors (Lipinski definition) is 9. The number of benzene rings is 4. The Balaban J connectivity index is 1.02. The van der Waals surface area contributed by atoms with Crippen LogP contribution < -0.4 is 46.0 Å². The zero-order valence-corrected chi connectivity index (χ0v) is 42.6. The smallest absolute Gasteiger partial charge is 0.339 e.